The van der Waals surface area contributed by atoms with E-state index >= 15 is 0 Å². The number of halogens is 1. The minimum Gasteiger partial charge on any atom is -0.341 e. The van der Waals surface area contributed by atoms with Crippen molar-refractivity contribution in [1.82, 2.24) is 4.90 Å². The van der Waals surface area contributed by atoms with Gasteiger partial charge in [0.15, 0.2) is 0 Å². The normalized spacial score (nSPS) is 10.7. The van der Waals surface area contributed by atoms with E-state index in [9.17, 15) is 4.79 Å². The molecule has 19 heavy (non-hydrogen) atoms. The lowest BCUT2D eigenvalue weighted by molar-refractivity contribution is -0.141. The van der Waals surface area contributed by atoms with Crippen LogP contribution in [0.5, 0.6) is 0 Å². The predicted octanol–water partition coefficient (Wildman–Crippen LogP) is 2.83. The number of nitrogens with zero attached hydrogens (tertiary/aromatic N) is 1. The molecule has 3 nitrogen and oxygen atoms in total. The van der Waals surface area contributed by atoms with Crippen molar-refractivity contribution in [2.24, 2.45) is 11.1 Å². The van der Waals surface area contributed by atoms with Crippen molar-refractivity contribution in [3.63, 3.8) is 0 Å². The summed E-state index contributed by atoms with van der Waals surface area (Å²) < 4.78 is 0. The average molecular weight is 285 g/mol. The second-order valence-corrected chi connectivity index (χ2v) is 4.84. The number of benzene rings is 1. The second-order valence-electron chi connectivity index (χ2n) is 4.84. The molecule has 1 amide bonds. The Morgan fingerprint density at radius 1 is 1.21 bits per heavy atom. The Labute approximate surface area is 122 Å². The van der Waals surface area contributed by atoms with E-state index < -0.39 is 5.41 Å². The molecule has 0 aliphatic carbocycles. The van der Waals surface area contributed by atoms with Gasteiger partial charge in [-0.1, -0.05) is 44.2 Å². The Balaban J connectivity index is 0.00000324. The van der Waals surface area contributed by atoms with Crippen LogP contribution in [0, 0.1) is 5.41 Å². The van der Waals surface area contributed by atoms with E-state index in [-0.39, 0.29) is 18.3 Å². The molecule has 0 spiro atoms. The molecule has 0 saturated heterocycles. The monoisotopic (exact) mass is 284 g/mol. The Hall–Kier alpha value is -1.06. The van der Waals surface area contributed by atoms with Crippen LogP contribution >= 0.6 is 12.4 Å². The lowest BCUT2D eigenvalue weighted by atomic mass is 9.81. The van der Waals surface area contributed by atoms with Gasteiger partial charge in [-0.25, -0.2) is 0 Å². The summed E-state index contributed by atoms with van der Waals surface area (Å²) in [6.07, 6.45) is 1.58. The Bertz CT molecular complexity index is 369. The van der Waals surface area contributed by atoms with Crippen LogP contribution in [0.25, 0.3) is 0 Å². The number of nitrogens with two attached hydrogens (primary N) is 1. The first-order valence-electron chi connectivity index (χ1n) is 6.59. The summed E-state index contributed by atoms with van der Waals surface area (Å²) in [6.45, 7) is 5.12. The van der Waals surface area contributed by atoms with Crippen LogP contribution in [-0.2, 0) is 11.3 Å². The summed E-state index contributed by atoms with van der Waals surface area (Å²) in [5.74, 6) is 0.152. The zero-order chi connectivity index (χ0) is 13.6. The first-order valence-corrected chi connectivity index (χ1v) is 6.59. The molecule has 2 N–H and O–H groups in total. The van der Waals surface area contributed by atoms with Crippen LogP contribution < -0.4 is 5.73 Å². The van der Waals surface area contributed by atoms with Gasteiger partial charge in [0, 0.05) is 20.1 Å². The van der Waals surface area contributed by atoms with Gasteiger partial charge in [0.05, 0.1) is 5.41 Å². The number of carbonyl (C=O) groups is 1. The largest absolute Gasteiger partial charge is 0.341 e. The van der Waals surface area contributed by atoms with Gasteiger partial charge in [0.2, 0.25) is 5.91 Å². The standard InChI is InChI=1S/C15H24N2O.ClH/c1-4-15(5-2,12-16)14(18)17(3)11-13-9-7-6-8-10-13;/h6-10H,4-5,11-12,16H2,1-3H3;1H. The number of hydrogen-bond acceptors (Lipinski definition) is 2. The lowest BCUT2D eigenvalue weighted by Gasteiger charge is -2.33. The molecule has 1 rings (SSSR count). The summed E-state index contributed by atoms with van der Waals surface area (Å²) in [6, 6.07) is 10.0. The predicted molar refractivity (Wildman–Crippen MR) is 82.2 cm³/mol. The highest BCUT2D eigenvalue weighted by atomic mass is 35.5. The fourth-order valence-corrected chi connectivity index (χ4v) is 2.26. The van der Waals surface area contributed by atoms with Gasteiger partial charge in [-0.3, -0.25) is 4.79 Å². The maximum atomic E-state index is 12.5. The number of carbonyl (C=O) groups excluding carboxylic acids is 1. The van der Waals surface area contributed by atoms with E-state index in [0.717, 1.165) is 18.4 Å². The van der Waals surface area contributed by atoms with Crippen LogP contribution in [0.15, 0.2) is 30.3 Å². The van der Waals surface area contributed by atoms with Gasteiger partial charge in [0.25, 0.3) is 0 Å². The quantitative estimate of drug-likeness (QED) is 0.873. The molecule has 0 unspecified atom stereocenters. The third-order valence-corrected chi connectivity index (χ3v) is 3.81. The maximum absolute atomic E-state index is 12.5. The molecule has 0 aliphatic heterocycles. The topological polar surface area (TPSA) is 46.3 Å². The van der Waals surface area contributed by atoms with Crippen molar-refractivity contribution in [2.45, 2.75) is 33.2 Å². The van der Waals surface area contributed by atoms with Gasteiger partial charge in [-0.15, -0.1) is 12.4 Å². The van der Waals surface area contributed by atoms with Crippen LogP contribution in [-0.4, -0.2) is 24.4 Å². The van der Waals surface area contributed by atoms with Crippen LogP contribution in [0.1, 0.15) is 32.3 Å². The van der Waals surface area contributed by atoms with E-state index in [2.05, 4.69) is 0 Å². The van der Waals surface area contributed by atoms with Crippen molar-refractivity contribution in [2.75, 3.05) is 13.6 Å². The molecule has 4 heteroatoms. The summed E-state index contributed by atoms with van der Waals surface area (Å²) in [4.78, 5) is 14.3. The number of rotatable bonds is 6. The zero-order valence-corrected chi connectivity index (χ0v) is 12.9. The fourth-order valence-electron chi connectivity index (χ4n) is 2.26. The van der Waals surface area contributed by atoms with Crippen molar-refractivity contribution in [1.29, 1.82) is 0 Å². The molecule has 108 valence electrons. The molecular weight excluding hydrogens is 260 g/mol. The van der Waals surface area contributed by atoms with Gasteiger partial charge in [0.1, 0.15) is 0 Å². The Morgan fingerprint density at radius 2 is 1.74 bits per heavy atom. The van der Waals surface area contributed by atoms with E-state index in [1.807, 2.05) is 51.2 Å². The summed E-state index contributed by atoms with van der Waals surface area (Å²) in [5.41, 5.74) is 6.56. The minimum atomic E-state index is -0.399. The van der Waals surface area contributed by atoms with Crippen LogP contribution in [0.4, 0.5) is 0 Å². The molecule has 0 aliphatic rings. The SMILES string of the molecule is CCC(CC)(CN)C(=O)N(C)Cc1ccccc1.Cl. The first-order chi connectivity index (χ1) is 8.59. The van der Waals surface area contributed by atoms with Gasteiger partial charge in [-0.05, 0) is 18.4 Å². The van der Waals surface area contributed by atoms with Crippen LogP contribution in [0.2, 0.25) is 0 Å². The molecule has 0 fully saturated rings. The Morgan fingerprint density at radius 3 is 2.16 bits per heavy atom. The van der Waals surface area contributed by atoms with Crippen molar-refractivity contribution in [3.8, 4) is 0 Å². The van der Waals surface area contributed by atoms with Crippen molar-refractivity contribution >= 4 is 18.3 Å². The average Bonchev–Trinajstić information content (AvgIpc) is 2.42. The summed E-state index contributed by atoms with van der Waals surface area (Å²) in [7, 11) is 1.85. The Kier molecular flexibility index (Phi) is 7.72. The van der Waals surface area contributed by atoms with E-state index in [1.165, 1.54) is 0 Å². The van der Waals surface area contributed by atoms with Gasteiger partial charge < -0.3 is 10.6 Å². The van der Waals surface area contributed by atoms with Crippen molar-refractivity contribution in [3.05, 3.63) is 35.9 Å². The summed E-state index contributed by atoms with van der Waals surface area (Å²) >= 11 is 0. The molecular formula is C15H25ClN2O. The molecule has 0 aromatic heterocycles. The maximum Gasteiger partial charge on any atom is 0.230 e. The van der Waals surface area contributed by atoms with E-state index in [1.54, 1.807) is 4.90 Å². The molecule has 0 atom stereocenters. The molecule has 0 radical (unpaired) electrons. The van der Waals surface area contributed by atoms with E-state index in [4.69, 9.17) is 5.73 Å². The fraction of sp³-hybridized carbons (Fsp3) is 0.533. The van der Waals surface area contributed by atoms with Gasteiger partial charge >= 0.3 is 0 Å². The third kappa shape index (κ3) is 4.22. The highest BCUT2D eigenvalue weighted by molar-refractivity contribution is 5.85. The molecule has 0 bridgehead atoms. The molecule has 0 saturated carbocycles. The van der Waals surface area contributed by atoms with Crippen LogP contribution in [0.3, 0.4) is 0 Å². The third-order valence-electron chi connectivity index (χ3n) is 3.81. The highest BCUT2D eigenvalue weighted by Gasteiger charge is 2.35. The smallest absolute Gasteiger partial charge is 0.230 e. The molecule has 1 aromatic rings. The number of amides is 1. The highest BCUT2D eigenvalue weighted by Crippen LogP contribution is 2.27. The zero-order valence-electron chi connectivity index (χ0n) is 12.1. The first kappa shape index (κ1) is 17.9. The van der Waals surface area contributed by atoms with Crippen molar-refractivity contribution < 1.29 is 4.79 Å². The van der Waals surface area contributed by atoms with Gasteiger partial charge in [-0.2, -0.15) is 0 Å². The number of hydrogen-bond donors (Lipinski definition) is 1. The molecule has 1 aromatic carbocycles. The molecule has 0 heterocycles. The minimum absolute atomic E-state index is 0. The summed E-state index contributed by atoms with van der Waals surface area (Å²) in [5, 5.41) is 0. The van der Waals surface area contributed by atoms with E-state index in [0.29, 0.717) is 13.1 Å². The lowest BCUT2D eigenvalue weighted by Crippen LogP contribution is -2.45. The second kappa shape index (κ2) is 8.18.